The molecule has 1 aromatic carbocycles. The molecule has 0 unspecified atom stereocenters. The molecule has 0 aliphatic heterocycles. The predicted molar refractivity (Wildman–Crippen MR) is 91.6 cm³/mol. The van der Waals surface area contributed by atoms with Crippen molar-refractivity contribution in [2.45, 2.75) is 6.92 Å². The van der Waals surface area contributed by atoms with Gasteiger partial charge in [-0.15, -0.1) is 11.3 Å². The molecule has 2 N–H and O–H groups in total. The molecule has 0 atom stereocenters. The summed E-state index contributed by atoms with van der Waals surface area (Å²) in [6.45, 7) is 3.06. The van der Waals surface area contributed by atoms with Crippen LogP contribution in [0.3, 0.4) is 0 Å². The Bertz CT molecular complexity index is 674. The van der Waals surface area contributed by atoms with Crippen LogP contribution < -0.4 is 15.4 Å². The lowest BCUT2D eigenvalue weighted by Gasteiger charge is -2.09. The highest BCUT2D eigenvalue weighted by Crippen LogP contribution is 2.25. The Morgan fingerprint density at radius 1 is 1.17 bits per heavy atom. The molecule has 1 aromatic heterocycles. The Morgan fingerprint density at radius 2 is 1.91 bits per heavy atom. The maximum atomic E-state index is 12.0. The van der Waals surface area contributed by atoms with E-state index in [0.29, 0.717) is 40.9 Å². The van der Waals surface area contributed by atoms with Gasteiger partial charge >= 0.3 is 0 Å². The summed E-state index contributed by atoms with van der Waals surface area (Å²) in [7, 11) is 0. The number of nitrogens with one attached hydrogen (secondary N) is 2. The second kappa shape index (κ2) is 8.55. The molecule has 0 bridgehead atoms. The van der Waals surface area contributed by atoms with Crippen LogP contribution in [-0.4, -0.2) is 31.5 Å². The molecule has 1 heterocycles. The Balaban J connectivity index is 1.78. The van der Waals surface area contributed by atoms with Crippen LogP contribution in [0.1, 0.15) is 27.0 Å². The monoisotopic (exact) mass is 352 g/mol. The third kappa shape index (κ3) is 4.97. The summed E-state index contributed by atoms with van der Waals surface area (Å²) in [5, 5.41) is 7.70. The first-order valence-corrected chi connectivity index (χ1v) is 8.40. The number of hydrogen-bond donors (Lipinski definition) is 2. The van der Waals surface area contributed by atoms with E-state index in [9.17, 15) is 9.59 Å². The molecule has 0 fully saturated rings. The number of thiophene rings is 1. The van der Waals surface area contributed by atoms with Gasteiger partial charge in [0, 0.05) is 18.7 Å². The lowest BCUT2D eigenvalue weighted by molar-refractivity contribution is 0.0929. The topological polar surface area (TPSA) is 67.4 Å². The molecule has 122 valence electrons. The highest BCUT2D eigenvalue weighted by molar-refractivity contribution is 7.12. The second-order valence-electron chi connectivity index (χ2n) is 4.57. The fourth-order valence-corrected chi connectivity index (χ4v) is 2.74. The van der Waals surface area contributed by atoms with Gasteiger partial charge in [-0.3, -0.25) is 9.59 Å². The Hall–Kier alpha value is -2.05. The van der Waals surface area contributed by atoms with E-state index >= 15 is 0 Å². The number of amides is 2. The first-order valence-electron chi connectivity index (χ1n) is 7.14. The van der Waals surface area contributed by atoms with Crippen molar-refractivity contribution in [2.24, 2.45) is 0 Å². The SMILES string of the molecule is CCOc1ccc(C(=O)NCCNC(=O)c2cccs2)cc1Cl. The summed E-state index contributed by atoms with van der Waals surface area (Å²) < 4.78 is 5.32. The first-order chi connectivity index (χ1) is 11.1. The second-order valence-corrected chi connectivity index (χ2v) is 5.92. The lowest BCUT2D eigenvalue weighted by atomic mass is 10.2. The fourth-order valence-electron chi connectivity index (χ4n) is 1.86. The van der Waals surface area contributed by atoms with E-state index in [0.717, 1.165) is 0 Å². The number of ether oxygens (including phenoxy) is 1. The zero-order valence-corrected chi connectivity index (χ0v) is 14.2. The van der Waals surface area contributed by atoms with Crippen molar-refractivity contribution in [1.29, 1.82) is 0 Å². The first kappa shape index (κ1) is 17.3. The molecule has 2 amide bonds. The van der Waals surface area contributed by atoms with Crippen LogP contribution in [0.2, 0.25) is 5.02 Å². The molecule has 0 aliphatic rings. The van der Waals surface area contributed by atoms with Gasteiger partial charge < -0.3 is 15.4 Å². The number of halogens is 1. The predicted octanol–water partition coefficient (Wildman–Crippen LogP) is 2.96. The van der Waals surface area contributed by atoms with Crippen LogP contribution in [0, 0.1) is 0 Å². The molecule has 0 radical (unpaired) electrons. The third-order valence-electron chi connectivity index (χ3n) is 2.93. The van der Waals surface area contributed by atoms with Gasteiger partial charge in [-0.1, -0.05) is 17.7 Å². The van der Waals surface area contributed by atoms with Crippen LogP contribution in [0.25, 0.3) is 0 Å². The third-order valence-corrected chi connectivity index (χ3v) is 4.10. The molecule has 2 rings (SSSR count). The maximum absolute atomic E-state index is 12.0. The standard InChI is InChI=1S/C16H17ClN2O3S/c1-2-22-13-6-5-11(10-12(13)17)15(20)18-7-8-19-16(21)14-4-3-9-23-14/h3-6,9-10H,2,7-8H2,1H3,(H,18,20)(H,19,21). The van der Waals surface area contributed by atoms with Gasteiger partial charge in [-0.05, 0) is 36.6 Å². The van der Waals surface area contributed by atoms with Gasteiger partial charge in [0.15, 0.2) is 0 Å². The quantitative estimate of drug-likeness (QED) is 0.753. The average molecular weight is 353 g/mol. The van der Waals surface area contributed by atoms with Gasteiger partial charge in [0.05, 0.1) is 16.5 Å². The van der Waals surface area contributed by atoms with Crippen molar-refractivity contribution < 1.29 is 14.3 Å². The van der Waals surface area contributed by atoms with Crippen molar-refractivity contribution in [2.75, 3.05) is 19.7 Å². The largest absolute Gasteiger partial charge is 0.492 e. The van der Waals surface area contributed by atoms with Crippen molar-refractivity contribution in [3.8, 4) is 5.75 Å². The van der Waals surface area contributed by atoms with E-state index in [-0.39, 0.29) is 11.8 Å². The Kier molecular flexibility index (Phi) is 6.43. The minimum Gasteiger partial charge on any atom is -0.492 e. The molecule has 7 heteroatoms. The summed E-state index contributed by atoms with van der Waals surface area (Å²) in [6, 6.07) is 8.44. The minimum atomic E-state index is -0.250. The fraction of sp³-hybridized carbons (Fsp3) is 0.250. The van der Waals surface area contributed by atoms with Crippen LogP contribution >= 0.6 is 22.9 Å². The molecule has 0 saturated heterocycles. The summed E-state index contributed by atoms with van der Waals surface area (Å²) in [5.74, 6) is 0.160. The van der Waals surface area contributed by atoms with E-state index in [4.69, 9.17) is 16.3 Å². The highest BCUT2D eigenvalue weighted by Gasteiger charge is 2.09. The van der Waals surface area contributed by atoms with Gasteiger partial charge in [-0.25, -0.2) is 0 Å². The zero-order chi connectivity index (χ0) is 16.7. The average Bonchev–Trinajstić information content (AvgIpc) is 3.07. The summed E-state index contributed by atoms with van der Waals surface area (Å²) in [4.78, 5) is 24.4. The van der Waals surface area contributed by atoms with E-state index < -0.39 is 0 Å². The van der Waals surface area contributed by atoms with E-state index in [1.54, 1.807) is 24.3 Å². The van der Waals surface area contributed by atoms with E-state index in [1.165, 1.54) is 11.3 Å². The minimum absolute atomic E-state index is 0.140. The van der Waals surface area contributed by atoms with Crippen LogP contribution in [0.4, 0.5) is 0 Å². The lowest BCUT2D eigenvalue weighted by Crippen LogP contribution is -2.34. The van der Waals surface area contributed by atoms with Crippen molar-refractivity contribution in [1.82, 2.24) is 10.6 Å². The van der Waals surface area contributed by atoms with Crippen molar-refractivity contribution >= 4 is 34.8 Å². The number of benzene rings is 1. The molecule has 2 aromatic rings. The molecule has 23 heavy (non-hydrogen) atoms. The van der Waals surface area contributed by atoms with E-state index in [1.807, 2.05) is 18.4 Å². The molecular weight excluding hydrogens is 336 g/mol. The Labute approximate surface area is 143 Å². The summed E-state index contributed by atoms with van der Waals surface area (Å²) in [6.07, 6.45) is 0. The molecule has 0 saturated carbocycles. The summed E-state index contributed by atoms with van der Waals surface area (Å²) >= 11 is 7.42. The smallest absolute Gasteiger partial charge is 0.261 e. The van der Waals surface area contributed by atoms with Crippen LogP contribution in [0.5, 0.6) is 5.75 Å². The number of rotatable bonds is 7. The number of carbonyl (C=O) groups excluding carboxylic acids is 2. The van der Waals surface area contributed by atoms with E-state index in [2.05, 4.69) is 10.6 Å². The molecular formula is C16H17ClN2O3S. The van der Waals surface area contributed by atoms with Crippen molar-refractivity contribution in [3.05, 3.63) is 51.2 Å². The maximum Gasteiger partial charge on any atom is 0.261 e. The number of carbonyl (C=O) groups is 2. The summed E-state index contributed by atoms with van der Waals surface area (Å²) in [5.41, 5.74) is 0.447. The van der Waals surface area contributed by atoms with Gasteiger partial charge in [0.25, 0.3) is 11.8 Å². The van der Waals surface area contributed by atoms with Crippen LogP contribution in [0.15, 0.2) is 35.7 Å². The number of hydrogen-bond acceptors (Lipinski definition) is 4. The molecule has 0 spiro atoms. The molecule has 0 aliphatic carbocycles. The molecule has 5 nitrogen and oxygen atoms in total. The van der Waals surface area contributed by atoms with Crippen LogP contribution in [-0.2, 0) is 0 Å². The van der Waals surface area contributed by atoms with Gasteiger partial charge in [0.2, 0.25) is 0 Å². The van der Waals surface area contributed by atoms with Crippen molar-refractivity contribution in [3.63, 3.8) is 0 Å². The Morgan fingerprint density at radius 3 is 2.52 bits per heavy atom. The highest BCUT2D eigenvalue weighted by atomic mass is 35.5. The zero-order valence-electron chi connectivity index (χ0n) is 12.6. The van der Waals surface area contributed by atoms with Gasteiger partial charge in [-0.2, -0.15) is 0 Å². The normalized spacial score (nSPS) is 10.2. The van der Waals surface area contributed by atoms with Gasteiger partial charge in [0.1, 0.15) is 5.75 Å².